The molecule has 1 N–H and O–H groups in total. The van der Waals surface area contributed by atoms with Crippen LogP contribution in [0.2, 0.25) is 0 Å². The van der Waals surface area contributed by atoms with E-state index in [0.717, 1.165) is 30.9 Å². The molecule has 0 fully saturated rings. The zero-order valence-electron chi connectivity index (χ0n) is 13.7. The van der Waals surface area contributed by atoms with Gasteiger partial charge in [-0.1, -0.05) is 36.4 Å². The summed E-state index contributed by atoms with van der Waals surface area (Å²) in [6, 6.07) is 16.6. The third-order valence-electron chi connectivity index (χ3n) is 4.07. The van der Waals surface area contributed by atoms with Crippen molar-refractivity contribution in [2.45, 2.75) is 13.0 Å². The first kappa shape index (κ1) is 15.6. The molecule has 0 radical (unpaired) electrons. The second-order valence-corrected chi connectivity index (χ2v) is 6.22. The van der Waals surface area contributed by atoms with Gasteiger partial charge in [0, 0.05) is 24.5 Å². The van der Waals surface area contributed by atoms with E-state index in [9.17, 15) is 4.79 Å². The topological polar surface area (TPSA) is 35.6 Å². The predicted octanol–water partition coefficient (Wildman–Crippen LogP) is 2.75. The van der Waals surface area contributed by atoms with Crippen LogP contribution < -0.4 is 10.2 Å². The normalized spacial score (nSPS) is 13.3. The second kappa shape index (κ2) is 6.84. The summed E-state index contributed by atoms with van der Waals surface area (Å²) < 4.78 is 0. The molecule has 4 heteroatoms. The van der Waals surface area contributed by atoms with E-state index < -0.39 is 0 Å². The number of benzene rings is 2. The summed E-state index contributed by atoms with van der Waals surface area (Å²) in [5.41, 5.74) is 4.60. The molecule has 0 saturated carbocycles. The Labute approximate surface area is 137 Å². The van der Waals surface area contributed by atoms with Gasteiger partial charge < -0.3 is 15.1 Å². The molecule has 3 rings (SSSR count). The molecule has 0 bridgehead atoms. The van der Waals surface area contributed by atoms with Crippen molar-refractivity contribution in [3.63, 3.8) is 0 Å². The summed E-state index contributed by atoms with van der Waals surface area (Å²) in [5.74, 6) is 0.161. The highest BCUT2D eigenvalue weighted by atomic mass is 16.2. The highest BCUT2D eigenvalue weighted by molar-refractivity contribution is 5.97. The van der Waals surface area contributed by atoms with Crippen molar-refractivity contribution in [3.8, 4) is 0 Å². The average Bonchev–Trinajstić information content (AvgIpc) is 2.96. The zero-order chi connectivity index (χ0) is 16.2. The van der Waals surface area contributed by atoms with Crippen LogP contribution in [-0.4, -0.2) is 38.0 Å². The van der Waals surface area contributed by atoms with Crippen LogP contribution in [-0.2, 0) is 17.8 Å². The largest absolute Gasteiger partial charge is 0.381 e. The number of nitrogens with zero attached hydrogens (tertiary/aromatic N) is 2. The molecule has 1 amide bonds. The van der Waals surface area contributed by atoms with Crippen molar-refractivity contribution in [1.29, 1.82) is 0 Å². The van der Waals surface area contributed by atoms with Crippen LogP contribution in [0.15, 0.2) is 48.5 Å². The Morgan fingerprint density at radius 3 is 2.70 bits per heavy atom. The van der Waals surface area contributed by atoms with Gasteiger partial charge in [-0.15, -0.1) is 0 Å². The minimum Gasteiger partial charge on any atom is -0.381 e. The minimum atomic E-state index is 0.161. The first-order valence-corrected chi connectivity index (χ1v) is 7.99. The number of hydrogen-bond donors (Lipinski definition) is 1. The fraction of sp³-hybridized carbons (Fsp3) is 0.316. The SMILES string of the molecule is CN(C)CC(=O)N1CCc2ccc(NCc3ccccc3)cc21. The molecule has 0 atom stereocenters. The maximum Gasteiger partial charge on any atom is 0.241 e. The molecule has 1 aliphatic rings. The van der Waals surface area contributed by atoms with E-state index in [1.807, 2.05) is 42.1 Å². The molecule has 0 saturated heterocycles. The van der Waals surface area contributed by atoms with Gasteiger partial charge in [0.05, 0.1) is 6.54 Å². The van der Waals surface area contributed by atoms with Crippen molar-refractivity contribution >= 4 is 17.3 Å². The van der Waals surface area contributed by atoms with Gasteiger partial charge in [0.25, 0.3) is 0 Å². The molecule has 2 aromatic rings. The molecular weight excluding hydrogens is 286 g/mol. The highest BCUT2D eigenvalue weighted by Gasteiger charge is 2.24. The summed E-state index contributed by atoms with van der Waals surface area (Å²) >= 11 is 0. The van der Waals surface area contributed by atoms with E-state index in [4.69, 9.17) is 0 Å². The number of rotatable bonds is 5. The Bertz CT molecular complexity index is 682. The molecule has 120 valence electrons. The molecule has 4 nitrogen and oxygen atoms in total. The molecule has 1 heterocycles. The number of nitrogens with one attached hydrogen (secondary N) is 1. The smallest absolute Gasteiger partial charge is 0.241 e. The summed E-state index contributed by atoms with van der Waals surface area (Å²) in [7, 11) is 3.85. The van der Waals surface area contributed by atoms with Gasteiger partial charge in [-0.3, -0.25) is 4.79 Å². The molecule has 1 aliphatic heterocycles. The van der Waals surface area contributed by atoms with Gasteiger partial charge >= 0.3 is 0 Å². The van der Waals surface area contributed by atoms with Crippen LogP contribution in [0.1, 0.15) is 11.1 Å². The Hall–Kier alpha value is -2.33. The lowest BCUT2D eigenvalue weighted by Crippen LogP contribution is -2.36. The zero-order valence-corrected chi connectivity index (χ0v) is 13.7. The molecular formula is C19H23N3O. The van der Waals surface area contributed by atoms with E-state index >= 15 is 0 Å². The van der Waals surface area contributed by atoms with Crippen LogP contribution in [0.3, 0.4) is 0 Å². The minimum absolute atomic E-state index is 0.161. The number of carbonyl (C=O) groups is 1. The number of hydrogen-bond acceptors (Lipinski definition) is 3. The van der Waals surface area contributed by atoms with Gasteiger partial charge in [0.15, 0.2) is 0 Å². The third kappa shape index (κ3) is 3.71. The standard InChI is InChI=1S/C19H23N3O/c1-21(2)14-19(23)22-11-10-16-8-9-17(12-18(16)22)20-13-15-6-4-3-5-7-15/h3-9,12,20H,10-11,13-14H2,1-2H3. The van der Waals surface area contributed by atoms with Crippen molar-refractivity contribution in [2.24, 2.45) is 0 Å². The van der Waals surface area contributed by atoms with Crippen LogP contribution in [0.5, 0.6) is 0 Å². The van der Waals surface area contributed by atoms with Crippen LogP contribution in [0.25, 0.3) is 0 Å². The van der Waals surface area contributed by atoms with Crippen LogP contribution in [0.4, 0.5) is 11.4 Å². The fourth-order valence-corrected chi connectivity index (χ4v) is 2.90. The van der Waals surface area contributed by atoms with Gasteiger partial charge in [-0.2, -0.15) is 0 Å². The monoisotopic (exact) mass is 309 g/mol. The van der Waals surface area contributed by atoms with Crippen molar-refractivity contribution in [1.82, 2.24) is 4.90 Å². The lowest BCUT2D eigenvalue weighted by molar-refractivity contribution is -0.119. The summed E-state index contributed by atoms with van der Waals surface area (Å²) in [5, 5.41) is 3.44. The van der Waals surface area contributed by atoms with E-state index in [1.54, 1.807) is 0 Å². The van der Waals surface area contributed by atoms with Crippen molar-refractivity contribution in [2.75, 3.05) is 37.4 Å². The summed E-state index contributed by atoms with van der Waals surface area (Å²) in [6.45, 7) is 2.01. The number of likely N-dealkylation sites (N-methyl/N-ethyl adjacent to an activating group) is 1. The van der Waals surface area contributed by atoms with E-state index in [1.165, 1.54) is 11.1 Å². The fourth-order valence-electron chi connectivity index (χ4n) is 2.90. The number of fused-ring (bicyclic) bond motifs is 1. The van der Waals surface area contributed by atoms with Crippen LogP contribution in [0, 0.1) is 0 Å². The average molecular weight is 309 g/mol. The number of anilines is 2. The third-order valence-corrected chi connectivity index (χ3v) is 4.07. The van der Waals surface area contributed by atoms with E-state index in [-0.39, 0.29) is 5.91 Å². The molecule has 23 heavy (non-hydrogen) atoms. The van der Waals surface area contributed by atoms with Crippen LogP contribution >= 0.6 is 0 Å². The summed E-state index contributed by atoms with van der Waals surface area (Å²) in [4.78, 5) is 16.2. The molecule has 0 unspecified atom stereocenters. The first-order chi connectivity index (χ1) is 11.1. The highest BCUT2D eigenvalue weighted by Crippen LogP contribution is 2.31. The predicted molar refractivity (Wildman–Crippen MR) is 94.8 cm³/mol. The lowest BCUT2D eigenvalue weighted by atomic mass is 10.1. The second-order valence-electron chi connectivity index (χ2n) is 6.22. The van der Waals surface area contributed by atoms with Gasteiger partial charge in [-0.25, -0.2) is 0 Å². The molecule has 2 aromatic carbocycles. The van der Waals surface area contributed by atoms with Gasteiger partial charge in [0.1, 0.15) is 0 Å². The lowest BCUT2D eigenvalue weighted by Gasteiger charge is -2.20. The Balaban J connectivity index is 1.72. The molecule has 0 aliphatic carbocycles. The Morgan fingerprint density at radius 1 is 1.17 bits per heavy atom. The van der Waals surface area contributed by atoms with Crippen molar-refractivity contribution in [3.05, 3.63) is 59.7 Å². The molecule has 0 spiro atoms. The van der Waals surface area contributed by atoms with Gasteiger partial charge in [-0.05, 0) is 43.8 Å². The Kier molecular flexibility index (Phi) is 4.63. The van der Waals surface area contributed by atoms with E-state index in [0.29, 0.717) is 6.54 Å². The maximum atomic E-state index is 12.4. The van der Waals surface area contributed by atoms with E-state index in [2.05, 4.69) is 35.6 Å². The Morgan fingerprint density at radius 2 is 1.96 bits per heavy atom. The summed E-state index contributed by atoms with van der Waals surface area (Å²) in [6.07, 6.45) is 0.938. The number of carbonyl (C=O) groups excluding carboxylic acids is 1. The first-order valence-electron chi connectivity index (χ1n) is 7.99. The van der Waals surface area contributed by atoms with Crippen molar-refractivity contribution < 1.29 is 4.79 Å². The van der Waals surface area contributed by atoms with Gasteiger partial charge in [0.2, 0.25) is 5.91 Å². The molecule has 0 aromatic heterocycles. The maximum absolute atomic E-state index is 12.4. The number of amides is 1. The quantitative estimate of drug-likeness (QED) is 0.922.